The molecule has 3 aromatic rings. The highest BCUT2D eigenvalue weighted by Gasteiger charge is 2.62. The monoisotopic (exact) mass is 494 g/mol. The zero-order valence-corrected chi connectivity index (χ0v) is 20.5. The summed E-state index contributed by atoms with van der Waals surface area (Å²) < 4.78 is 5.24. The third-order valence-electron chi connectivity index (χ3n) is 7.98. The highest BCUT2D eigenvalue weighted by Crippen LogP contribution is 2.61. The van der Waals surface area contributed by atoms with Crippen molar-refractivity contribution in [3.8, 4) is 0 Å². The van der Waals surface area contributed by atoms with Crippen molar-refractivity contribution in [2.75, 3.05) is 11.9 Å². The van der Waals surface area contributed by atoms with E-state index in [1.54, 1.807) is 12.1 Å². The maximum atomic E-state index is 13.7. The number of nitrogens with one attached hydrogen (secondary N) is 1. The van der Waals surface area contributed by atoms with Gasteiger partial charge in [0.1, 0.15) is 6.04 Å². The summed E-state index contributed by atoms with van der Waals surface area (Å²) in [4.78, 5) is 53.8. The molecule has 1 aliphatic heterocycles. The molecule has 0 radical (unpaired) electrons. The predicted molar refractivity (Wildman–Crippen MR) is 136 cm³/mol. The van der Waals surface area contributed by atoms with Crippen molar-refractivity contribution in [3.63, 3.8) is 0 Å². The van der Waals surface area contributed by atoms with Crippen LogP contribution in [0.2, 0.25) is 0 Å². The molecule has 3 amide bonds. The third kappa shape index (κ3) is 3.49. The summed E-state index contributed by atoms with van der Waals surface area (Å²) in [7, 11) is 0. The molecule has 1 fully saturated rings. The van der Waals surface area contributed by atoms with E-state index in [0.717, 1.165) is 32.7 Å². The number of anilines is 1. The van der Waals surface area contributed by atoms with Crippen LogP contribution in [0.3, 0.4) is 0 Å². The molecular formula is C30H26N2O5. The van der Waals surface area contributed by atoms with E-state index in [1.165, 1.54) is 6.92 Å². The lowest BCUT2D eigenvalue weighted by Gasteiger charge is -2.45. The minimum atomic E-state index is -1.14. The average molecular weight is 495 g/mol. The molecule has 186 valence electrons. The molecular weight excluding hydrogens is 468 g/mol. The number of hydrogen-bond acceptors (Lipinski definition) is 5. The predicted octanol–water partition coefficient (Wildman–Crippen LogP) is 3.76. The molecule has 7 nitrogen and oxygen atoms in total. The maximum absolute atomic E-state index is 13.7. The zero-order chi connectivity index (χ0) is 25.8. The molecule has 37 heavy (non-hydrogen) atoms. The van der Waals surface area contributed by atoms with Gasteiger partial charge in [-0.05, 0) is 47.7 Å². The number of carbonyl (C=O) groups excluding carboxylic acids is 4. The highest BCUT2D eigenvalue weighted by molar-refractivity contribution is 6.10. The van der Waals surface area contributed by atoms with Crippen molar-refractivity contribution in [1.29, 1.82) is 0 Å². The molecule has 1 saturated heterocycles. The molecule has 0 spiro atoms. The van der Waals surface area contributed by atoms with Crippen LogP contribution in [0.1, 0.15) is 46.6 Å². The summed E-state index contributed by atoms with van der Waals surface area (Å²) in [5, 5.41) is 2.71. The molecule has 3 atom stereocenters. The number of esters is 1. The number of carbonyl (C=O) groups is 4. The Kier molecular flexibility index (Phi) is 5.44. The summed E-state index contributed by atoms with van der Waals surface area (Å²) in [5.41, 5.74) is 5.78. The Balaban J connectivity index is 1.22. The Labute approximate surface area is 214 Å². The normalized spacial score (nSPS) is 23.7. The van der Waals surface area contributed by atoms with Gasteiger partial charge in [-0.2, -0.15) is 0 Å². The molecule has 3 aromatic carbocycles. The fourth-order valence-electron chi connectivity index (χ4n) is 6.34. The number of para-hydroxylation sites is 1. The number of imide groups is 1. The van der Waals surface area contributed by atoms with E-state index in [4.69, 9.17) is 4.74 Å². The molecule has 1 N–H and O–H groups in total. The first kappa shape index (κ1) is 23.2. The number of ether oxygens (including phenoxy) is 1. The average Bonchev–Trinajstić information content (AvgIpc) is 3.18. The van der Waals surface area contributed by atoms with Crippen LogP contribution in [0.5, 0.6) is 0 Å². The van der Waals surface area contributed by atoms with Gasteiger partial charge in [0.05, 0.1) is 11.8 Å². The third-order valence-corrected chi connectivity index (χ3v) is 7.98. The number of nitrogens with zero attached hydrogens (tertiary/aromatic N) is 1. The smallest absolute Gasteiger partial charge is 0.329 e. The molecule has 0 aromatic heterocycles. The largest absolute Gasteiger partial charge is 0.454 e. The van der Waals surface area contributed by atoms with E-state index in [2.05, 4.69) is 5.32 Å². The van der Waals surface area contributed by atoms with Gasteiger partial charge in [-0.1, -0.05) is 66.7 Å². The lowest BCUT2D eigenvalue weighted by Crippen LogP contribution is -2.45. The number of amides is 3. The number of likely N-dealkylation sites (tertiary alicyclic amines) is 1. The van der Waals surface area contributed by atoms with E-state index in [1.807, 2.05) is 67.6 Å². The quantitative estimate of drug-likeness (QED) is 0.431. The minimum absolute atomic E-state index is 0.244. The first-order chi connectivity index (χ1) is 17.9. The van der Waals surface area contributed by atoms with E-state index in [9.17, 15) is 19.2 Å². The van der Waals surface area contributed by atoms with Crippen LogP contribution in [0.15, 0.2) is 72.8 Å². The molecule has 3 aliphatic carbocycles. The van der Waals surface area contributed by atoms with Gasteiger partial charge < -0.3 is 10.1 Å². The van der Waals surface area contributed by atoms with Crippen molar-refractivity contribution in [2.45, 2.75) is 31.7 Å². The SMILES string of the molecule is Cc1ccccc1NC(=O)COC(=O)[C@@H](C)N1C(=O)[C@@H]2C3c4ccccc4C(c4ccccc43)[C@@H]2C1=O. The first-order valence-electron chi connectivity index (χ1n) is 12.4. The Morgan fingerprint density at radius 2 is 1.27 bits per heavy atom. The van der Waals surface area contributed by atoms with Gasteiger partial charge in [0.15, 0.2) is 6.61 Å². The molecule has 0 unspecified atom stereocenters. The second kappa shape index (κ2) is 8.69. The molecule has 7 heteroatoms. The Morgan fingerprint density at radius 1 is 0.811 bits per heavy atom. The second-order valence-corrected chi connectivity index (χ2v) is 9.96. The van der Waals surface area contributed by atoms with Crippen LogP contribution >= 0.6 is 0 Å². The minimum Gasteiger partial charge on any atom is -0.454 e. The number of hydrogen-bond donors (Lipinski definition) is 1. The second-order valence-electron chi connectivity index (χ2n) is 9.96. The summed E-state index contributed by atoms with van der Waals surface area (Å²) in [5.74, 6) is -3.62. The topological polar surface area (TPSA) is 92.8 Å². The molecule has 7 rings (SSSR count). The van der Waals surface area contributed by atoms with Crippen LogP contribution in [-0.4, -0.2) is 41.2 Å². The van der Waals surface area contributed by atoms with E-state index < -0.39 is 36.4 Å². The fraction of sp³-hybridized carbons (Fsp3) is 0.267. The van der Waals surface area contributed by atoms with E-state index in [-0.39, 0.29) is 23.7 Å². The number of benzene rings is 3. The van der Waals surface area contributed by atoms with Crippen molar-refractivity contribution in [1.82, 2.24) is 4.90 Å². The van der Waals surface area contributed by atoms with Gasteiger partial charge >= 0.3 is 5.97 Å². The Hall–Kier alpha value is -4.26. The highest BCUT2D eigenvalue weighted by atomic mass is 16.5. The van der Waals surface area contributed by atoms with Crippen LogP contribution in [0.25, 0.3) is 0 Å². The molecule has 2 bridgehead atoms. The Bertz CT molecular complexity index is 1350. The molecule has 0 saturated carbocycles. The van der Waals surface area contributed by atoms with E-state index in [0.29, 0.717) is 5.69 Å². The van der Waals surface area contributed by atoms with Crippen molar-refractivity contribution >= 4 is 29.4 Å². The standard InChI is InChI=1S/C30H26N2O5/c1-16-9-3-8-14-22(16)31-23(33)15-37-30(36)17(2)32-28(34)26-24-18-10-4-5-11-19(18)25(27(26)29(32)35)21-13-7-6-12-20(21)24/h3-14,17,24-27H,15H2,1-2H3,(H,31,33)/t17-,24?,25?,26-,27+/m1/s1. The summed E-state index contributed by atoms with van der Waals surface area (Å²) in [6.45, 7) is 2.83. The Morgan fingerprint density at radius 3 is 1.76 bits per heavy atom. The zero-order valence-electron chi connectivity index (χ0n) is 20.5. The van der Waals surface area contributed by atoms with Crippen LogP contribution in [0, 0.1) is 18.8 Å². The summed E-state index contributed by atoms with van der Waals surface area (Å²) in [6, 6.07) is 22.1. The maximum Gasteiger partial charge on any atom is 0.329 e. The summed E-state index contributed by atoms with van der Waals surface area (Å²) in [6.07, 6.45) is 0. The van der Waals surface area contributed by atoms with E-state index >= 15 is 0 Å². The van der Waals surface area contributed by atoms with Crippen LogP contribution in [0.4, 0.5) is 5.69 Å². The first-order valence-corrected chi connectivity index (χ1v) is 12.4. The lowest BCUT2D eigenvalue weighted by molar-refractivity contribution is -0.159. The van der Waals surface area contributed by atoms with Gasteiger partial charge in [0.25, 0.3) is 5.91 Å². The van der Waals surface area contributed by atoms with Gasteiger partial charge in [-0.25, -0.2) is 4.79 Å². The van der Waals surface area contributed by atoms with Crippen LogP contribution < -0.4 is 5.32 Å². The molecule has 4 aliphatic rings. The van der Waals surface area contributed by atoms with Gasteiger partial charge in [0, 0.05) is 17.5 Å². The molecule has 1 heterocycles. The van der Waals surface area contributed by atoms with Crippen molar-refractivity contribution in [3.05, 3.63) is 101 Å². The van der Waals surface area contributed by atoms with Gasteiger partial charge in [0.2, 0.25) is 11.8 Å². The fourth-order valence-corrected chi connectivity index (χ4v) is 6.34. The number of rotatable bonds is 5. The van der Waals surface area contributed by atoms with Crippen molar-refractivity contribution < 1.29 is 23.9 Å². The van der Waals surface area contributed by atoms with Gasteiger partial charge in [-0.15, -0.1) is 0 Å². The van der Waals surface area contributed by atoms with Crippen molar-refractivity contribution in [2.24, 2.45) is 11.8 Å². The van der Waals surface area contributed by atoms with Crippen LogP contribution in [-0.2, 0) is 23.9 Å². The number of aryl methyl sites for hydroxylation is 1. The van der Waals surface area contributed by atoms with Gasteiger partial charge in [-0.3, -0.25) is 19.3 Å². The summed E-state index contributed by atoms with van der Waals surface area (Å²) >= 11 is 0. The lowest BCUT2D eigenvalue weighted by atomic mass is 9.55.